The Bertz CT molecular complexity index is 624. The Hall–Kier alpha value is -0.660. The first-order chi connectivity index (χ1) is 11.1. The third-order valence-corrected chi connectivity index (χ3v) is 6.92. The average Bonchev–Trinajstić information content (AvgIpc) is 2.56. The van der Waals surface area contributed by atoms with Crippen molar-refractivity contribution in [2.45, 2.75) is 30.3 Å². The van der Waals surface area contributed by atoms with Crippen molar-refractivity contribution < 1.29 is 13.2 Å². The van der Waals surface area contributed by atoms with Gasteiger partial charge in [0.15, 0.2) is 0 Å². The maximum atomic E-state index is 12.7. The van der Waals surface area contributed by atoms with Gasteiger partial charge in [0.1, 0.15) is 4.90 Å². The van der Waals surface area contributed by atoms with Crippen molar-refractivity contribution >= 4 is 21.6 Å². The highest BCUT2D eigenvalue weighted by molar-refractivity contribution is 7.89. The second-order valence-electron chi connectivity index (χ2n) is 6.12. The summed E-state index contributed by atoms with van der Waals surface area (Å²) in [4.78, 5) is 2.50. The minimum atomic E-state index is -3.51. The number of benzene rings is 1. The number of ether oxygens (including phenoxy) is 1. The first-order valence-electron chi connectivity index (χ1n) is 8.16. The molecule has 0 amide bonds. The van der Waals surface area contributed by atoms with E-state index in [0.29, 0.717) is 19.2 Å². The number of halogens is 1. The molecular formula is C16H23ClN2O3S. The summed E-state index contributed by atoms with van der Waals surface area (Å²) in [6.45, 7) is 4.24. The van der Waals surface area contributed by atoms with Gasteiger partial charge in [0.25, 0.3) is 0 Å². The van der Waals surface area contributed by atoms with Crippen LogP contribution in [0, 0.1) is 0 Å². The van der Waals surface area contributed by atoms with Crippen LogP contribution < -0.4 is 0 Å². The van der Waals surface area contributed by atoms with Crippen molar-refractivity contribution in [3.63, 3.8) is 0 Å². The summed E-state index contributed by atoms with van der Waals surface area (Å²) in [5.41, 5.74) is 0. The number of nitrogens with zero attached hydrogens (tertiary/aromatic N) is 2. The van der Waals surface area contributed by atoms with E-state index in [1.54, 1.807) is 24.3 Å². The number of hydrogen-bond acceptors (Lipinski definition) is 4. The highest BCUT2D eigenvalue weighted by atomic mass is 35.5. The van der Waals surface area contributed by atoms with E-state index >= 15 is 0 Å². The summed E-state index contributed by atoms with van der Waals surface area (Å²) in [5, 5.41) is 0.283. The van der Waals surface area contributed by atoms with Gasteiger partial charge in [-0.2, -0.15) is 4.31 Å². The molecule has 3 rings (SSSR count). The Balaban J connectivity index is 1.59. The molecule has 2 fully saturated rings. The minimum absolute atomic E-state index is 0.200. The van der Waals surface area contributed by atoms with Crippen molar-refractivity contribution in [1.82, 2.24) is 9.21 Å². The first kappa shape index (κ1) is 17.2. The lowest BCUT2D eigenvalue weighted by Crippen LogP contribution is -2.50. The van der Waals surface area contributed by atoms with Gasteiger partial charge < -0.3 is 4.74 Å². The van der Waals surface area contributed by atoms with E-state index in [2.05, 4.69) is 4.90 Å². The second-order valence-corrected chi connectivity index (χ2v) is 8.44. The Morgan fingerprint density at radius 1 is 1.13 bits per heavy atom. The standard InChI is InChI=1S/C16H23ClN2O3S/c17-15-6-1-2-7-16(15)23(20,21)19-10-8-18(9-11-19)13-14-5-3-4-12-22-14/h1-2,6-7,14H,3-5,8-13H2/t14-/m0/s1. The van der Waals surface area contributed by atoms with Gasteiger partial charge >= 0.3 is 0 Å². The monoisotopic (exact) mass is 358 g/mol. The van der Waals surface area contributed by atoms with E-state index in [0.717, 1.165) is 39.1 Å². The molecule has 2 aliphatic heterocycles. The van der Waals surface area contributed by atoms with Gasteiger partial charge in [-0.1, -0.05) is 23.7 Å². The van der Waals surface area contributed by atoms with Crippen molar-refractivity contribution in [2.75, 3.05) is 39.3 Å². The average molecular weight is 359 g/mol. The van der Waals surface area contributed by atoms with Gasteiger partial charge in [0, 0.05) is 39.3 Å². The third kappa shape index (κ3) is 4.06. The lowest BCUT2D eigenvalue weighted by atomic mass is 10.1. The van der Waals surface area contributed by atoms with Gasteiger partial charge in [0.2, 0.25) is 10.0 Å². The van der Waals surface area contributed by atoms with Crippen molar-refractivity contribution in [1.29, 1.82) is 0 Å². The molecule has 0 radical (unpaired) electrons. The van der Waals surface area contributed by atoms with Gasteiger partial charge in [-0.15, -0.1) is 0 Å². The van der Waals surface area contributed by atoms with E-state index in [4.69, 9.17) is 16.3 Å². The van der Waals surface area contributed by atoms with Crippen LogP contribution in [0.5, 0.6) is 0 Å². The van der Waals surface area contributed by atoms with Crippen LogP contribution in [0.3, 0.4) is 0 Å². The molecule has 1 aromatic rings. The summed E-state index contributed by atoms with van der Waals surface area (Å²) in [6.07, 6.45) is 3.79. The Morgan fingerprint density at radius 2 is 1.87 bits per heavy atom. The van der Waals surface area contributed by atoms with Crippen LogP contribution in [0.15, 0.2) is 29.2 Å². The Kier molecular flexibility index (Phi) is 5.59. The van der Waals surface area contributed by atoms with Crippen LogP contribution in [0.1, 0.15) is 19.3 Å². The van der Waals surface area contributed by atoms with Crippen molar-refractivity contribution in [3.05, 3.63) is 29.3 Å². The lowest BCUT2D eigenvalue weighted by molar-refractivity contribution is -0.0103. The fourth-order valence-corrected chi connectivity index (χ4v) is 5.10. The Morgan fingerprint density at radius 3 is 2.52 bits per heavy atom. The second kappa shape index (κ2) is 7.49. The molecule has 2 saturated heterocycles. The van der Waals surface area contributed by atoms with Crippen molar-refractivity contribution in [2.24, 2.45) is 0 Å². The smallest absolute Gasteiger partial charge is 0.244 e. The molecule has 0 aliphatic carbocycles. The van der Waals surface area contributed by atoms with E-state index in [1.807, 2.05) is 0 Å². The van der Waals surface area contributed by atoms with E-state index in [-0.39, 0.29) is 9.92 Å². The zero-order valence-electron chi connectivity index (χ0n) is 13.2. The SMILES string of the molecule is O=S(=O)(c1ccccc1Cl)N1CCN(C[C@@H]2CCCCO2)CC1. The van der Waals surface area contributed by atoms with Crippen LogP contribution >= 0.6 is 11.6 Å². The quantitative estimate of drug-likeness (QED) is 0.828. The molecule has 2 heterocycles. The van der Waals surface area contributed by atoms with Gasteiger partial charge in [-0.05, 0) is 31.4 Å². The van der Waals surface area contributed by atoms with Crippen LogP contribution in [-0.4, -0.2) is 63.1 Å². The summed E-state index contributed by atoms with van der Waals surface area (Å²) in [6, 6.07) is 6.63. The molecule has 5 nitrogen and oxygen atoms in total. The minimum Gasteiger partial charge on any atom is -0.377 e. The summed E-state index contributed by atoms with van der Waals surface area (Å²) >= 11 is 6.05. The topological polar surface area (TPSA) is 49.9 Å². The van der Waals surface area contributed by atoms with Crippen LogP contribution in [-0.2, 0) is 14.8 Å². The van der Waals surface area contributed by atoms with Gasteiger partial charge in [0.05, 0.1) is 11.1 Å². The fraction of sp³-hybridized carbons (Fsp3) is 0.625. The van der Waals surface area contributed by atoms with E-state index in [1.165, 1.54) is 10.7 Å². The molecule has 128 valence electrons. The number of piperazine rings is 1. The van der Waals surface area contributed by atoms with Crippen LogP contribution in [0.4, 0.5) is 0 Å². The van der Waals surface area contributed by atoms with Crippen LogP contribution in [0.25, 0.3) is 0 Å². The van der Waals surface area contributed by atoms with Gasteiger partial charge in [-0.25, -0.2) is 8.42 Å². The number of sulfonamides is 1. The lowest BCUT2D eigenvalue weighted by Gasteiger charge is -2.36. The Labute approximate surface area is 143 Å². The zero-order valence-corrected chi connectivity index (χ0v) is 14.7. The molecule has 0 N–H and O–H groups in total. The predicted molar refractivity (Wildman–Crippen MR) is 90.2 cm³/mol. The predicted octanol–water partition coefficient (Wildman–Crippen LogP) is 2.22. The molecule has 0 aromatic heterocycles. The van der Waals surface area contributed by atoms with Gasteiger partial charge in [-0.3, -0.25) is 4.90 Å². The molecule has 0 unspecified atom stereocenters. The summed E-state index contributed by atoms with van der Waals surface area (Å²) in [5.74, 6) is 0. The fourth-order valence-electron chi connectivity index (χ4n) is 3.18. The molecule has 2 aliphatic rings. The first-order valence-corrected chi connectivity index (χ1v) is 9.98. The maximum absolute atomic E-state index is 12.7. The highest BCUT2D eigenvalue weighted by Crippen LogP contribution is 2.25. The molecule has 1 aromatic carbocycles. The third-order valence-electron chi connectivity index (χ3n) is 4.52. The molecule has 0 spiro atoms. The van der Waals surface area contributed by atoms with Crippen molar-refractivity contribution in [3.8, 4) is 0 Å². The molecule has 1 atom stereocenters. The van der Waals surface area contributed by atoms with E-state index < -0.39 is 10.0 Å². The number of rotatable bonds is 4. The normalized spacial score (nSPS) is 24.7. The largest absolute Gasteiger partial charge is 0.377 e. The summed E-state index contributed by atoms with van der Waals surface area (Å²) in [7, 11) is -3.51. The van der Waals surface area contributed by atoms with Crippen LogP contribution in [0.2, 0.25) is 5.02 Å². The number of hydrogen-bond donors (Lipinski definition) is 0. The molecular weight excluding hydrogens is 336 g/mol. The molecule has 7 heteroatoms. The maximum Gasteiger partial charge on any atom is 0.244 e. The molecule has 0 bridgehead atoms. The van der Waals surface area contributed by atoms with E-state index in [9.17, 15) is 8.42 Å². The molecule has 0 saturated carbocycles. The summed E-state index contributed by atoms with van der Waals surface area (Å²) < 4.78 is 32.7. The highest BCUT2D eigenvalue weighted by Gasteiger charge is 2.30. The zero-order chi connectivity index (χ0) is 16.3. The molecule has 23 heavy (non-hydrogen) atoms.